The van der Waals surface area contributed by atoms with Gasteiger partial charge in [0.25, 0.3) is 5.56 Å². The van der Waals surface area contributed by atoms with Gasteiger partial charge in [-0.1, -0.05) is 6.07 Å². The highest BCUT2D eigenvalue weighted by atomic mass is 16.7. The molecule has 0 aliphatic heterocycles. The van der Waals surface area contributed by atoms with E-state index in [0.29, 0.717) is 5.69 Å². The number of aryl methyl sites for hydroxylation is 1. The minimum atomic E-state index is -0.508. The van der Waals surface area contributed by atoms with Gasteiger partial charge in [-0.3, -0.25) is 4.79 Å². The zero-order valence-corrected chi connectivity index (χ0v) is 6.90. The molecule has 1 heterocycles. The second kappa shape index (κ2) is 3.21. The Kier molecular flexibility index (Phi) is 2.28. The Hall–Kier alpha value is -1.58. The molecule has 0 aromatic carbocycles. The molecule has 0 bridgehead atoms. The van der Waals surface area contributed by atoms with Gasteiger partial charge in [-0.25, -0.2) is 4.79 Å². The summed E-state index contributed by atoms with van der Waals surface area (Å²) in [5, 5.41) is 0. The highest BCUT2D eigenvalue weighted by Gasteiger charge is 2.01. The van der Waals surface area contributed by atoms with Crippen molar-refractivity contribution in [1.82, 2.24) is 4.73 Å². The Bertz CT molecular complexity index is 354. The van der Waals surface area contributed by atoms with Crippen LogP contribution in [0.25, 0.3) is 0 Å². The SMILES string of the molecule is CC(=O)On1c(C)cccc1=O. The van der Waals surface area contributed by atoms with Crippen LogP contribution in [0.2, 0.25) is 0 Å². The maximum Gasteiger partial charge on any atom is 0.330 e. The molecule has 0 atom stereocenters. The second-order valence-electron chi connectivity index (χ2n) is 2.38. The topological polar surface area (TPSA) is 48.3 Å². The molecule has 0 aliphatic carbocycles. The van der Waals surface area contributed by atoms with Crippen molar-refractivity contribution in [3.8, 4) is 0 Å². The fourth-order valence-corrected chi connectivity index (χ4v) is 0.824. The second-order valence-corrected chi connectivity index (χ2v) is 2.38. The molecule has 4 heteroatoms. The normalized spacial score (nSPS) is 9.50. The van der Waals surface area contributed by atoms with E-state index in [-0.39, 0.29) is 5.56 Å². The third-order valence-electron chi connectivity index (χ3n) is 1.32. The summed E-state index contributed by atoms with van der Waals surface area (Å²) in [5.74, 6) is -0.508. The predicted molar refractivity (Wildman–Crippen MR) is 42.7 cm³/mol. The van der Waals surface area contributed by atoms with Crippen LogP contribution in [-0.2, 0) is 4.79 Å². The lowest BCUT2D eigenvalue weighted by atomic mass is 10.4. The van der Waals surface area contributed by atoms with Crippen molar-refractivity contribution in [1.29, 1.82) is 0 Å². The van der Waals surface area contributed by atoms with Crippen LogP contribution in [0, 0.1) is 6.92 Å². The molecule has 0 N–H and O–H groups in total. The van der Waals surface area contributed by atoms with Gasteiger partial charge in [0.05, 0.1) is 5.69 Å². The largest absolute Gasteiger partial charge is 0.334 e. The standard InChI is InChI=1S/C8H9NO3/c1-6-4-3-5-8(11)9(6)12-7(2)10/h3-5H,1-2H3. The van der Waals surface area contributed by atoms with E-state index < -0.39 is 5.97 Å². The summed E-state index contributed by atoms with van der Waals surface area (Å²) in [5.41, 5.74) is 0.253. The summed E-state index contributed by atoms with van der Waals surface area (Å²) in [4.78, 5) is 26.2. The van der Waals surface area contributed by atoms with Gasteiger partial charge in [0, 0.05) is 13.0 Å². The summed E-state index contributed by atoms with van der Waals surface area (Å²) < 4.78 is 0.961. The third-order valence-corrected chi connectivity index (χ3v) is 1.32. The van der Waals surface area contributed by atoms with Crippen LogP contribution < -0.4 is 10.4 Å². The number of carbonyl (C=O) groups is 1. The Morgan fingerprint density at radius 1 is 1.50 bits per heavy atom. The molecule has 0 saturated carbocycles. The van der Waals surface area contributed by atoms with Crippen LogP contribution in [0.3, 0.4) is 0 Å². The highest BCUT2D eigenvalue weighted by Crippen LogP contribution is 1.89. The number of carbonyl (C=O) groups excluding carboxylic acids is 1. The average molecular weight is 167 g/mol. The summed E-state index contributed by atoms with van der Waals surface area (Å²) in [6.07, 6.45) is 0. The predicted octanol–water partition coefficient (Wildman–Crippen LogP) is 0.132. The Balaban J connectivity index is 3.13. The van der Waals surface area contributed by atoms with Crippen molar-refractivity contribution in [2.75, 3.05) is 0 Å². The molecule has 0 spiro atoms. The number of hydrogen-bond acceptors (Lipinski definition) is 3. The Morgan fingerprint density at radius 2 is 2.17 bits per heavy atom. The minimum Gasteiger partial charge on any atom is -0.334 e. The Morgan fingerprint density at radius 3 is 2.67 bits per heavy atom. The molecule has 0 amide bonds. The van der Waals surface area contributed by atoms with Gasteiger partial charge in [0.1, 0.15) is 0 Å². The molecule has 1 aromatic rings. The molecule has 0 saturated heterocycles. The molecular formula is C8H9NO3. The van der Waals surface area contributed by atoms with Crippen molar-refractivity contribution in [3.63, 3.8) is 0 Å². The zero-order valence-electron chi connectivity index (χ0n) is 6.90. The van der Waals surface area contributed by atoms with Crippen molar-refractivity contribution in [2.45, 2.75) is 13.8 Å². The number of rotatable bonds is 1. The molecule has 1 aromatic heterocycles. The molecule has 0 radical (unpaired) electrons. The number of pyridine rings is 1. The molecule has 0 fully saturated rings. The maximum absolute atomic E-state index is 11.1. The van der Waals surface area contributed by atoms with E-state index in [1.165, 1.54) is 13.0 Å². The summed E-state index contributed by atoms with van der Waals surface area (Å²) in [6, 6.07) is 4.62. The summed E-state index contributed by atoms with van der Waals surface area (Å²) in [6.45, 7) is 2.93. The molecule has 1 rings (SSSR count). The molecule has 64 valence electrons. The van der Waals surface area contributed by atoms with E-state index in [0.717, 1.165) is 4.73 Å². The van der Waals surface area contributed by atoms with E-state index in [1.54, 1.807) is 19.1 Å². The average Bonchev–Trinajstić information content (AvgIpc) is 1.97. The highest BCUT2D eigenvalue weighted by molar-refractivity contribution is 5.66. The fraction of sp³-hybridized carbons (Fsp3) is 0.250. The lowest BCUT2D eigenvalue weighted by Crippen LogP contribution is -2.30. The van der Waals surface area contributed by atoms with Crippen LogP contribution in [-0.4, -0.2) is 10.7 Å². The van der Waals surface area contributed by atoms with Gasteiger partial charge in [0.15, 0.2) is 0 Å². The van der Waals surface area contributed by atoms with Crippen molar-refractivity contribution in [3.05, 3.63) is 34.2 Å². The quantitative estimate of drug-likeness (QED) is 0.597. The van der Waals surface area contributed by atoms with E-state index in [9.17, 15) is 9.59 Å². The van der Waals surface area contributed by atoms with Gasteiger partial charge in [-0.15, -0.1) is 4.73 Å². The number of aromatic nitrogens is 1. The molecular weight excluding hydrogens is 158 g/mol. The minimum absolute atomic E-state index is 0.342. The van der Waals surface area contributed by atoms with Crippen LogP contribution in [0.4, 0.5) is 0 Å². The summed E-state index contributed by atoms with van der Waals surface area (Å²) >= 11 is 0. The van der Waals surface area contributed by atoms with Crippen LogP contribution in [0.5, 0.6) is 0 Å². The first-order valence-electron chi connectivity index (χ1n) is 3.49. The van der Waals surface area contributed by atoms with Gasteiger partial charge < -0.3 is 4.84 Å². The van der Waals surface area contributed by atoms with Crippen molar-refractivity contribution < 1.29 is 9.63 Å². The van der Waals surface area contributed by atoms with E-state index in [2.05, 4.69) is 4.84 Å². The maximum atomic E-state index is 11.1. The lowest BCUT2D eigenvalue weighted by Gasteiger charge is -2.05. The van der Waals surface area contributed by atoms with Crippen molar-refractivity contribution >= 4 is 5.97 Å². The van der Waals surface area contributed by atoms with Gasteiger partial charge >= 0.3 is 5.97 Å². The van der Waals surface area contributed by atoms with Crippen LogP contribution >= 0.6 is 0 Å². The van der Waals surface area contributed by atoms with E-state index in [4.69, 9.17) is 0 Å². The monoisotopic (exact) mass is 167 g/mol. The smallest absolute Gasteiger partial charge is 0.330 e. The summed E-state index contributed by atoms with van der Waals surface area (Å²) in [7, 11) is 0. The fourth-order valence-electron chi connectivity index (χ4n) is 0.824. The number of nitrogens with zero attached hydrogens (tertiary/aromatic N) is 1. The molecule has 0 aliphatic rings. The zero-order chi connectivity index (χ0) is 9.14. The van der Waals surface area contributed by atoms with Crippen LogP contribution in [0.15, 0.2) is 23.0 Å². The van der Waals surface area contributed by atoms with E-state index in [1.807, 2.05) is 0 Å². The van der Waals surface area contributed by atoms with Gasteiger partial charge in [-0.2, -0.15) is 0 Å². The molecule has 4 nitrogen and oxygen atoms in total. The van der Waals surface area contributed by atoms with E-state index >= 15 is 0 Å². The molecule has 12 heavy (non-hydrogen) atoms. The van der Waals surface area contributed by atoms with Crippen molar-refractivity contribution in [2.24, 2.45) is 0 Å². The van der Waals surface area contributed by atoms with Crippen LogP contribution in [0.1, 0.15) is 12.6 Å². The first kappa shape index (κ1) is 8.52. The number of hydrogen-bond donors (Lipinski definition) is 0. The third kappa shape index (κ3) is 1.72. The lowest BCUT2D eigenvalue weighted by molar-refractivity contribution is -0.142. The van der Waals surface area contributed by atoms with Gasteiger partial charge in [0.2, 0.25) is 0 Å². The molecule has 0 unspecified atom stereocenters. The first-order valence-corrected chi connectivity index (χ1v) is 3.49. The van der Waals surface area contributed by atoms with Gasteiger partial charge in [-0.05, 0) is 13.0 Å². The Labute approximate surface area is 69.3 Å². The first-order chi connectivity index (χ1) is 5.61.